The number of nitrogens with zero attached hydrogens (tertiary/aromatic N) is 3. The van der Waals surface area contributed by atoms with E-state index >= 15 is 0 Å². The van der Waals surface area contributed by atoms with Gasteiger partial charge in [0.25, 0.3) is 5.91 Å². The number of nitrogens with one attached hydrogen (secondary N) is 1. The first-order valence-electron chi connectivity index (χ1n) is 13.1. The molecule has 1 fully saturated rings. The van der Waals surface area contributed by atoms with Crippen LogP contribution < -0.4 is 5.32 Å². The second-order valence-corrected chi connectivity index (χ2v) is 10.3. The summed E-state index contributed by atoms with van der Waals surface area (Å²) in [6, 6.07) is 22.8. The minimum absolute atomic E-state index is 0.0863. The van der Waals surface area contributed by atoms with E-state index in [4.69, 9.17) is 21.3 Å². The molecule has 1 atom stereocenters. The van der Waals surface area contributed by atoms with Crippen LogP contribution in [0.2, 0.25) is 5.02 Å². The Hall–Kier alpha value is -3.94. The van der Waals surface area contributed by atoms with Crippen LogP contribution in [0, 0.1) is 13.8 Å². The van der Waals surface area contributed by atoms with Crippen molar-refractivity contribution in [3.8, 4) is 16.9 Å². The lowest BCUT2D eigenvalue weighted by Gasteiger charge is -2.25. The average molecular weight is 543 g/mol. The van der Waals surface area contributed by atoms with E-state index in [-0.39, 0.29) is 24.5 Å². The highest BCUT2D eigenvalue weighted by Gasteiger charge is 2.26. The number of anilines is 1. The van der Waals surface area contributed by atoms with E-state index in [0.717, 1.165) is 35.2 Å². The fourth-order valence-corrected chi connectivity index (χ4v) is 4.83. The smallest absolute Gasteiger partial charge is 0.254 e. The van der Waals surface area contributed by atoms with E-state index in [1.807, 2.05) is 79.2 Å². The van der Waals surface area contributed by atoms with Crippen molar-refractivity contribution in [1.82, 2.24) is 14.5 Å². The molecule has 0 bridgehead atoms. The fraction of sp³-hybridized carbons (Fsp3) is 0.258. The van der Waals surface area contributed by atoms with E-state index in [0.29, 0.717) is 35.4 Å². The van der Waals surface area contributed by atoms with Gasteiger partial charge in [0.15, 0.2) is 0 Å². The number of carbonyl (C=O) groups excluding carboxylic acids is 2. The molecule has 200 valence electrons. The molecule has 1 aliphatic heterocycles. The molecule has 3 aromatic carbocycles. The van der Waals surface area contributed by atoms with Crippen LogP contribution in [0.1, 0.15) is 34.3 Å². The largest absolute Gasteiger partial charge is 0.376 e. The number of amides is 2. The second kappa shape index (κ2) is 11.8. The molecule has 7 nitrogen and oxygen atoms in total. The third-order valence-corrected chi connectivity index (χ3v) is 7.11. The van der Waals surface area contributed by atoms with E-state index in [1.54, 1.807) is 23.1 Å². The van der Waals surface area contributed by atoms with Crippen LogP contribution in [0.15, 0.2) is 79.0 Å². The molecule has 4 aromatic rings. The number of ether oxygens (including phenoxy) is 1. The van der Waals surface area contributed by atoms with Gasteiger partial charge in [0, 0.05) is 41.2 Å². The summed E-state index contributed by atoms with van der Waals surface area (Å²) >= 11 is 6.08. The average Bonchev–Trinajstić information content (AvgIpc) is 3.59. The molecule has 2 heterocycles. The zero-order valence-corrected chi connectivity index (χ0v) is 22.8. The van der Waals surface area contributed by atoms with Gasteiger partial charge in [-0.2, -0.15) is 0 Å². The van der Waals surface area contributed by atoms with Gasteiger partial charge in [-0.25, -0.2) is 4.98 Å². The van der Waals surface area contributed by atoms with Crippen LogP contribution in [0.4, 0.5) is 5.95 Å². The summed E-state index contributed by atoms with van der Waals surface area (Å²) in [4.78, 5) is 33.3. The second-order valence-electron chi connectivity index (χ2n) is 9.85. The Balaban J connectivity index is 1.42. The predicted octanol–water partition coefficient (Wildman–Crippen LogP) is 6.07. The van der Waals surface area contributed by atoms with Gasteiger partial charge in [-0.3, -0.25) is 19.5 Å². The summed E-state index contributed by atoms with van der Waals surface area (Å²) in [5.41, 5.74) is 4.99. The number of halogens is 1. The number of rotatable bonds is 8. The summed E-state index contributed by atoms with van der Waals surface area (Å²) in [5.74, 6) is -0.159. The van der Waals surface area contributed by atoms with Crippen molar-refractivity contribution >= 4 is 29.4 Å². The van der Waals surface area contributed by atoms with Gasteiger partial charge in [0.1, 0.15) is 6.54 Å². The quantitative estimate of drug-likeness (QED) is 0.293. The lowest BCUT2D eigenvalue weighted by molar-refractivity contribution is -0.117. The molecule has 2 amide bonds. The van der Waals surface area contributed by atoms with Crippen molar-refractivity contribution in [3.05, 3.63) is 101 Å². The topological polar surface area (TPSA) is 76.5 Å². The minimum Gasteiger partial charge on any atom is -0.376 e. The van der Waals surface area contributed by atoms with Gasteiger partial charge in [0.2, 0.25) is 11.9 Å². The first kappa shape index (κ1) is 26.7. The first-order valence-corrected chi connectivity index (χ1v) is 13.4. The van der Waals surface area contributed by atoms with Gasteiger partial charge in [-0.1, -0.05) is 59.6 Å². The molecule has 0 saturated carbocycles. The minimum atomic E-state index is -0.337. The highest BCUT2D eigenvalue weighted by Crippen LogP contribution is 2.26. The molecular weight excluding hydrogens is 512 g/mol. The van der Waals surface area contributed by atoms with E-state index in [1.165, 1.54) is 0 Å². The molecule has 39 heavy (non-hydrogen) atoms. The Kier molecular flexibility index (Phi) is 8.10. The summed E-state index contributed by atoms with van der Waals surface area (Å²) in [6.07, 6.45) is 3.61. The van der Waals surface area contributed by atoms with E-state index < -0.39 is 0 Å². The SMILES string of the molecule is Cc1ccc(-n2cc(-c3ccc(Cl)cc3)nc2NC(=O)CN(CC2CCCO2)C(=O)c2ccccc2C)cc1. The maximum Gasteiger partial charge on any atom is 0.254 e. The maximum absolute atomic E-state index is 13.5. The van der Waals surface area contributed by atoms with E-state index in [2.05, 4.69) is 5.32 Å². The number of benzene rings is 3. The van der Waals surface area contributed by atoms with Crippen molar-refractivity contribution in [2.45, 2.75) is 32.8 Å². The normalized spacial score (nSPS) is 14.8. The lowest BCUT2D eigenvalue weighted by Crippen LogP contribution is -2.42. The highest BCUT2D eigenvalue weighted by atomic mass is 35.5. The molecule has 1 unspecified atom stereocenters. The highest BCUT2D eigenvalue weighted by molar-refractivity contribution is 6.30. The Bertz CT molecular complexity index is 1460. The number of aryl methyl sites for hydroxylation is 2. The third-order valence-electron chi connectivity index (χ3n) is 6.85. The van der Waals surface area contributed by atoms with Gasteiger partial charge in [-0.15, -0.1) is 0 Å². The molecular formula is C31H31ClN4O3. The standard InChI is InChI=1S/C31H31ClN4O3/c1-21-9-15-25(16-10-21)36-19-28(23-11-13-24(32)14-12-23)33-31(36)34-29(37)20-35(18-26-7-5-17-39-26)30(38)27-8-4-3-6-22(27)2/h3-4,6,8-16,19,26H,5,7,17-18,20H2,1-2H3,(H,33,34,37). The lowest BCUT2D eigenvalue weighted by atomic mass is 10.1. The number of carbonyl (C=O) groups is 2. The molecule has 1 aromatic heterocycles. The van der Waals surface area contributed by atoms with Crippen molar-refractivity contribution in [3.63, 3.8) is 0 Å². The predicted molar refractivity (Wildman–Crippen MR) is 153 cm³/mol. The van der Waals surface area contributed by atoms with Crippen molar-refractivity contribution in [1.29, 1.82) is 0 Å². The van der Waals surface area contributed by atoms with Gasteiger partial charge < -0.3 is 9.64 Å². The van der Waals surface area contributed by atoms with Crippen LogP contribution in [-0.4, -0.2) is 52.1 Å². The number of imidazole rings is 1. The van der Waals surface area contributed by atoms with Gasteiger partial charge >= 0.3 is 0 Å². The zero-order chi connectivity index (χ0) is 27.4. The number of aromatic nitrogens is 2. The van der Waals surface area contributed by atoms with Crippen molar-refractivity contribution in [2.75, 3.05) is 25.0 Å². The summed E-state index contributed by atoms with van der Waals surface area (Å²) in [6.45, 7) is 4.82. The molecule has 0 aliphatic carbocycles. The first-order chi connectivity index (χ1) is 18.9. The Labute approximate surface area is 233 Å². The van der Waals surface area contributed by atoms with Crippen LogP contribution in [0.25, 0.3) is 16.9 Å². The third kappa shape index (κ3) is 6.38. The molecule has 1 N–H and O–H groups in total. The Morgan fingerprint density at radius 2 is 1.79 bits per heavy atom. The zero-order valence-electron chi connectivity index (χ0n) is 22.1. The Morgan fingerprint density at radius 3 is 2.49 bits per heavy atom. The van der Waals surface area contributed by atoms with E-state index in [9.17, 15) is 9.59 Å². The van der Waals surface area contributed by atoms with Crippen LogP contribution in [0.3, 0.4) is 0 Å². The van der Waals surface area contributed by atoms with Crippen molar-refractivity contribution in [2.24, 2.45) is 0 Å². The Morgan fingerprint density at radius 1 is 1.05 bits per heavy atom. The van der Waals surface area contributed by atoms with Crippen LogP contribution in [0.5, 0.6) is 0 Å². The molecule has 5 rings (SSSR count). The van der Waals surface area contributed by atoms with Gasteiger partial charge in [0.05, 0.1) is 11.8 Å². The molecule has 0 radical (unpaired) electrons. The summed E-state index contributed by atoms with van der Waals surface area (Å²) < 4.78 is 7.64. The number of hydrogen-bond acceptors (Lipinski definition) is 4. The van der Waals surface area contributed by atoms with Crippen molar-refractivity contribution < 1.29 is 14.3 Å². The fourth-order valence-electron chi connectivity index (χ4n) is 4.70. The molecule has 1 saturated heterocycles. The van der Waals surface area contributed by atoms with Crippen LogP contribution in [-0.2, 0) is 9.53 Å². The summed E-state index contributed by atoms with van der Waals surface area (Å²) in [7, 11) is 0. The molecule has 0 spiro atoms. The molecule has 8 heteroatoms. The number of hydrogen-bond donors (Lipinski definition) is 1. The van der Waals surface area contributed by atoms with Crippen LogP contribution >= 0.6 is 11.6 Å². The maximum atomic E-state index is 13.5. The molecule has 1 aliphatic rings. The summed E-state index contributed by atoms with van der Waals surface area (Å²) in [5, 5.41) is 3.59. The van der Waals surface area contributed by atoms with Gasteiger partial charge in [-0.05, 0) is 62.6 Å². The monoisotopic (exact) mass is 542 g/mol.